The van der Waals surface area contributed by atoms with Gasteiger partial charge >= 0.3 is 0 Å². The number of hydrogen-bond donors (Lipinski definition) is 1. The predicted octanol–water partition coefficient (Wildman–Crippen LogP) is 2.25. The van der Waals surface area contributed by atoms with Crippen molar-refractivity contribution >= 4 is 26.8 Å². The average Bonchev–Trinajstić information content (AvgIpc) is 2.18. The van der Waals surface area contributed by atoms with E-state index < -0.39 is 0 Å². The highest BCUT2D eigenvalue weighted by Crippen LogP contribution is 2.20. The highest BCUT2D eigenvalue weighted by Gasteiger charge is 2.05. The molecule has 0 radical (unpaired) electrons. The van der Waals surface area contributed by atoms with Crippen molar-refractivity contribution in [2.24, 2.45) is 0 Å². The molecule has 0 saturated heterocycles. The molecule has 0 unspecified atom stereocenters. The molecular weight excluding hydrogens is 244 g/mol. The first-order valence-electron chi connectivity index (χ1n) is 4.38. The number of nitrogens with zero attached hydrogens (tertiary/aromatic N) is 1. The fourth-order valence-electron chi connectivity index (χ4n) is 1.48. The fraction of sp³-hybridized carbons (Fsp3) is 0.200. The van der Waals surface area contributed by atoms with Crippen molar-refractivity contribution in [3.05, 3.63) is 38.9 Å². The summed E-state index contributed by atoms with van der Waals surface area (Å²) in [6.07, 6.45) is 2.31. The van der Waals surface area contributed by atoms with Crippen LogP contribution in [0, 0.1) is 0 Å². The number of hydrogen-bond acceptors (Lipinski definition) is 2. The molecule has 0 amide bonds. The van der Waals surface area contributed by atoms with E-state index in [1.165, 1.54) is 6.33 Å². The molecule has 0 aliphatic carbocycles. The lowest BCUT2D eigenvalue weighted by molar-refractivity contribution is 1.11. The molecule has 1 heterocycles. The lowest BCUT2D eigenvalue weighted by Gasteiger charge is -2.02. The zero-order chi connectivity index (χ0) is 10.1. The molecular formula is C10H9BrN2O. The Balaban J connectivity index is 2.95. The third kappa shape index (κ3) is 1.46. The number of rotatable bonds is 1. The number of benzene rings is 1. The first-order valence-corrected chi connectivity index (χ1v) is 5.17. The smallest absolute Gasteiger partial charge is 0.258 e. The molecule has 1 aromatic heterocycles. The zero-order valence-electron chi connectivity index (χ0n) is 7.67. The maximum atomic E-state index is 11.5. The van der Waals surface area contributed by atoms with Gasteiger partial charge in [-0.25, -0.2) is 4.98 Å². The number of halogens is 1. The van der Waals surface area contributed by atoms with Crippen LogP contribution in [0.1, 0.15) is 12.5 Å². The van der Waals surface area contributed by atoms with Crippen LogP contribution in [0.4, 0.5) is 0 Å². The van der Waals surface area contributed by atoms with Crippen LogP contribution in [0.5, 0.6) is 0 Å². The average molecular weight is 253 g/mol. The number of fused-ring (bicyclic) bond motifs is 1. The lowest BCUT2D eigenvalue weighted by atomic mass is 10.1. The highest BCUT2D eigenvalue weighted by atomic mass is 79.9. The standard InChI is InChI=1S/C10H9BrN2O/c1-2-6-3-7(11)4-8-9(6)12-5-13-10(8)14/h3-5H,2H2,1H3,(H,12,13,14). The van der Waals surface area contributed by atoms with E-state index in [1.54, 1.807) is 6.07 Å². The second-order valence-corrected chi connectivity index (χ2v) is 3.96. The lowest BCUT2D eigenvalue weighted by Crippen LogP contribution is -2.07. The van der Waals surface area contributed by atoms with Gasteiger partial charge in [-0.2, -0.15) is 0 Å². The second kappa shape index (κ2) is 3.53. The van der Waals surface area contributed by atoms with Crippen LogP contribution in [0.3, 0.4) is 0 Å². The van der Waals surface area contributed by atoms with Gasteiger partial charge in [0.2, 0.25) is 0 Å². The number of nitrogens with one attached hydrogen (secondary N) is 1. The Hall–Kier alpha value is -1.16. The third-order valence-corrected chi connectivity index (χ3v) is 2.63. The minimum Gasteiger partial charge on any atom is -0.313 e. The Bertz CT molecular complexity index is 533. The molecule has 2 rings (SSSR count). The van der Waals surface area contributed by atoms with Crippen molar-refractivity contribution in [3.8, 4) is 0 Å². The molecule has 0 spiro atoms. The topological polar surface area (TPSA) is 45.8 Å². The molecule has 2 aromatic rings. The summed E-state index contributed by atoms with van der Waals surface area (Å²) in [4.78, 5) is 18.2. The third-order valence-electron chi connectivity index (χ3n) is 2.17. The van der Waals surface area contributed by atoms with Gasteiger partial charge in [0.05, 0.1) is 17.2 Å². The van der Waals surface area contributed by atoms with Gasteiger partial charge in [-0.15, -0.1) is 0 Å². The van der Waals surface area contributed by atoms with Crippen LogP contribution in [0.15, 0.2) is 27.7 Å². The summed E-state index contributed by atoms with van der Waals surface area (Å²) in [5.74, 6) is 0. The van der Waals surface area contributed by atoms with Crippen LogP contribution < -0.4 is 5.56 Å². The minimum absolute atomic E-state index is 0.0917. The summed E-state index contributed by atoms with van der Waals surface area (Å²) in [6, 6.07) is 3.79. The Morgan fingerprint density at radius 3 is 3.00 bits per heavy atom. The molecule has 0 saturated carbocycles. The van der Waals surface area contributed by atoms with E-state index in [2.05, 4.69) is 25.9 Å². The van der Waals surface area contributed by atoms with Crippen LogP contribution in [0.2, 0.25) is 0 Å². The van der Waals surface area contributed by atoms with Gasteiger partial charge < -0.3 is 4.98 Å². The van der Waals surface area contributed by atoms with Crippen molar-refractivity contribution in [2.75, 3.05) is 0 Å². The molecule has 3 nitrogen and oxygen atoms in total. The number of aromatic amines is 1. The molecule has 0 aliphatic rings. The number of aryl methyl sites for hydroxylation is 1. The van der Waals surface area contributed by atoms with Crippen molar-refractivity contribution in [1.29, 1.82) is 0 Å². The molecule has 1 aromatic carbocycles. The Kier molecular flexibility index (Phi) is 2.37. The Morgan fingerprint density at radius 1 is 1.50 bits per heavy atom. The Labute approximate surface area is 89.3 Å². The first kappa shape index (κ1) is 9.40. The van der Waals surface area contributed by atoms with Gasteiger partial charge in [0, 0.05) is 4.47 Å². The monoisotopic (exact) mass is 252 g/mol. The molecule has 0 atom stereocenters. The summed E-state index contributed by atoms with van der Waals surface area (Å²) >= 11 is 3.38. The SMILES string of the molecule is CCc1cc(Br)cc2c(=O)[nH]cnc12. The molecule has 0 aliphatic heterocycles. The normalized spacial score (nSPS) is 10.7. The first-order chi connectivity index (χ1) is 6.72. The van der Waals surface area contributed by atoms with Crippen LogP contribution >= 0.6 is 15.9 Å². The van der Waals surface area contributed by atoms with Gasteiger partial charge in [-0.1, -0.05) is 22.9 Å². The van der Waals surface area contributed by atoms with Gasteiger partial charge in [0.1, 0.15) is 0 Å². The van der Waals surface area contributed by atoms with Gasteiger partial charge in [0.25, 0.3) is 5.56 Å². The van der Waals surface area contributed by atoms with Crippen molar-refractivity contribution in [2.45, 2.75) is 13.3 Å². The minimum atomic E-state index is -0.0917. The van der Waals surface area contributed by atoms with Crippen LogP contribution in [-0.4, -0.2) is 9.97 Å². The van der Waals surface area contributed by atoms with Crippen LogP contribution in [0.25, 0.3) is 10.9 Å². The zero-order valence-corrected chi connectivity index (χ0v) is 9.26. The van der Waals surface area contributed by atoms with E-state index in [0.29, 0.717) is 5.39 Å². The summed E-state index contributed by atoms with van der Waals surface area (Å²) in [6.45, 7) is 2.05. The fourth-order valence-corrected chi connectivity index (χ4v) is 1.99. The van der Waals surface area contributed by atoms with Crippen LogP contribution in [-0.2, 0) is 6.42 Å². The molecule has 72 valence electrons. The number of aromatic nitrogens is 2. The number of H-pyrrole nitrogens is 1. The van der Waals surface area contributed by atoms with Crippen molar-refractivity contribution < 1.29 is 0 Å². The van der Waals surface area contributed by atoms with E-state index in [1.807, 2.05) is 13.0 Å². The quantitative estimate of drug-likeness (QED) is 0.847. The summed E-state index contributed by atoms with van der Waals surface area (Å²) in [7, 11) is 0. The molecule has 0 fully saturated rings. The van der Waals surface area contributed by atoms with Crippen molar-refractivity contribution in [1.82, 2.24) is 9.97 Å². The van der Waals surface area contributed by atoms with E-state index in [-0.39, 0.29) is 5.56 Å². The molecule has 1 N–H and O–H groups in total. The largest absolute Gasteiger partial charge is 0.313 e. The molecule has 14 heavy (non-hydrogen) atoms. The van der Waals surface area contributed by atoms with Crippen molar-refractivity contribution in [3.63, 3.8) is 0 Å². The highest BCUT2D eigenvalue weighted by molar-refractivity contribution is 9.10. The molecule has 4 heteroatoms. The van der Waals surface area contributed by atoms with E-state index in [4.69, 9.17) is 0 Å². The molecule has 0 bridgehead atoms. The van der Waals surface area contributed by atoms with Gasteiger partial charge in [0.15, 0.2) is 0 Å². The Morgan fingerprint density at radius 2 is 2.29 bits per heavy atom. The summed E-state index contributed by atoms with van der Waals surface area (Å²) in [5, 5.41) is 0.638. The van der Waals surface area contributed by atoms with Gasteiger partial charge in [-0.3, -0.25) is 4.79 Å². The van der Waals surface area contributed by atoms with E-state index in [9.17, 15) is 4.79 Å². The van der Waals surface area contributed by atoms with E-state index >= 15 is 0 Å². The maximum absolute atomic E-state index is 11.5. The second-order valence-electron chi connectivity index (χ2n) is 3.05. The summed E-state index contributed by atoms with van der Waals surface area (Å²) in [5.41, 5.74) is 1.78. The van der Waals surface area contributed by atoms with Gasteiger partial charge in [-0.05, 0) is 24.1 Å². The summed E-state index contributed by atoms with van der Waals surface area (Å²) < 4.78 is 0.917. The maximum Gasteiger partial charge on any atom is 0.258 e. The van der Waals surface area contributed by atoms with E-state index in [0.717, 1.165) is 22.0 Å². The predicted molar refractivity (Wildman–Crippen MR) is 59.4 cm³/mol.